The van der Waals surface area contributed by atoms with Gasteiger partial charge in [0.15, 0.2) is 0 Å². The zero-order chi connectivity index (χ0) is 9.68. The molecule has 0 aromatic heterocycles. The van der Waals surface area contributed by atoms with E-state index in [0.29, 0.717) is 0 Å². The molecule has 13 heavy (non-hydrogen) atoms. The smallest absolute Gasteiger partial charge is 0.00210 e. The lowest BCUT2D eigenvalue weighted by atomic mass is 9.73. The van der Waals surface area contributed by atoms with Crippen molar-refractivity contribution >= 4 is 0 Å². The fourth-order valence-electron chi connectivity index (χ4n) is 2.81. The van der Waals surface area contributed by atoms with E-state index in [2.05, 4.69) is 26.2 Å². The monoisotopic (exact) mass is 183 g/mol. The van der Waals surface area contributed by atoms with Crippen molar-refractivity contribution in [3.8, 4) is 0 Å². The van der Waals surface area contributed by atoms with Crippen LogP contribution in [0.2, 0.25) is 0 Å². The molecule has 1 N–H and O–H groups in total. The van der Waals surface area contributed by atoms with E-state index in [1.165, 1.54) is 38.6 Å². The summed E-state index contributed by atoms with van der Waals surface area (Å²) in [6.07, 6.45) is 7.22. The predicted molar refractivity (Wildman–Crippen MR) is 58.8 cm³/mol. The summed E-state index contributed by atoms with van der Waals surface area (Å²) >= 11 is 0. The predicted octanol–water partition coefficient (Wildman–Crippen LogP) is 3.06. The van der Waals surface area contributed by atoms with Gasteiger partial charge in [-0.05, 0) is 44.2 Å². The van der Waals surface area contributed by atoms with Gasteiger partial charge in [0.25, 0.3) is 0 Å². The normalized spacial score (nSPS) is 34.8. The molecule has 0 amide bonds. The molecule has 1 saturated carbocycles. The van der Waals surface area contributed by atoms with E-state index in [9.17, 15) is 0 Å². The highest BCUT2D eigenvalue weighted by Gasteiger charge is 2.26. The molecule has 1 aliphatic rings. The molecule has 0 spiro atoms. The highest BCUT2D eigenvalue weighted by atomic mass is 14.8. The Bertz CT molecular complexity index is 133. The third-order valence-corrected chi connectivity index (χ3v) is 3.62. The maximum absolute atomic E-state index is 3.31. The molecule has 0 heterocycles. The minimum atomic E-state index is 0.942. The Hall–Kier alpha value is -0.0400. The van der Waals surface area contributed by atoms with E-state index < -0.39 is 0 Å². The third kappa shape index (κ3) is 3.30. The Morgan fingerprint density at radius 3 is 2.62 bits per heavy atom. The number of nitrogens with one attached hydrogen (secondary N) is 1. The fraction of sp³-hybridized carbons (Fsp3) is 1.00. The van der Waals surface area contributed by atoms with Gasteiger partial charge in [0.2, 0.25) is 0 Å². The van der Waals surface area contributed by atoms with E-state index in [4.69, 9.17) is 0 Å². The summed E-state index contributed by atoms with van der Waals surface area (Å²) < 4.78 is 0. The van der Waals surface area contributed by atoms with Crippen molar-refractivity contribution in [2.24, 2.45) is 17.8 Å². The highest BCUT2D eigenvalue weighted by Crippen LogP contribution is 2.35. The van der Waals surface area contributed by atoms with E-state index in [1.807, 2.05) is 0 Å². The van der Waals surface area contributed by atoms with Gasteiger partial charge in [-0.2, -0.15) is 0 Å². The second-order valence-corrected chi connectivity index (χ2v) is 4.76. The van der Waals surface area contributed by atoms with Crippen molar-refractivity contribution in [2.75, 3.05) is 13.6 Å². The second kappa shape index (κ2) is 5.64. The third-order valence-electron chi connectivity index (χ3n) is 3.62. The molecule has 1 heteroatoms. The average Bonchev–Trinajstić information content (AvgIpc) is 2.10. The first-order valence-corrected chi connectivity index (χ1v) is 5.92. The molecule has 0 aromatic rings. The van der Waals surface area contributed by atoms with Crippen LogP contribution in [0.1, 0.15) is 46.0 Å². The summed E-state index contributed by atoms with van der Waals surface area (Å²) in [5, 5.41) is 3.31. The van der Waals surface area contributed by atoms with Crippen LogP contribution in [0.25, 0.3) is 0 Å². The molecule has 0 aliphatic heterocycles. The summed E-state index contributed by atoms with van der Waals surface area (Å²) in [7, 11) is 2.07. The van der Waals surface area contributed by atoms with Crippen molar-refractivity contribution in [3.63, 3.8) is 0 Å². The van der Waals surface area contributed by atoms with E-state index in [-0.39, 0.29) is 0 Å². The van der Waals surface area contributed by atoms with Gasteiger partial charge >= 0.3 is 0 Å². The molecule has 1 rings (SSSR count). The van der Waals surface area contributed by atoms with Gasteiger partial charge in [0.05, 0.1) is 0 Å². The molecule has 3 unspecified atom stereocenters. The molecule has 78 valence electrons. The van der Waals surface area contributed by atoms with Gasteiger partial charge in [0, 0.05) is 0 Å². The lowest BCUT2D eigenvalue weighted by Gasteiger charge is -2.34. The van der Waals surface area contributed by atoms with Crippen molar-refractivity contribution in [1.29, 1.82) is 0 Å². The zero-order valence-corrected chi connectivity index (χ0v) is 9.47. The van der Waals surface area contributed by atoms with E-state index in [0.717, 1.165) is 17.8 Å². The quantitative estimate of drug-likeness (QED) is 0.706. The maximum Gasteiger partial charge on any atom is -0.00210 e. The Morgan fingerprint density at radius 2 is 2.08 bits per heavy atom. The van der Waals surface area contributed by atoms with Gasteiger partial charge in [-0.1, -0.05) is 33.1 Å². The first kappa shape index (κ1) is 11.0. The standard InChI is InChI=1S/C12H25N/c1-4-5-11-6-7-12(9-13-3)10(2)8-11/h10-13H,4-9H2,1-3H3. The summed E-state index contributed by atoms with van der Waals surface area (Å²) in [5.41, 5.74) is 0. The van der Waals surface area contributed by atoms with Crippen LogP contribution in [0.15, 0.2) is 0 Å². The lowest BCUT2D eigenvalue weighted by Crippen LogP contribution is -2.30. The molecule has 0 radical (unpaired) electrons. The van der Waals surface area contributed by atoms with Crippen LogP contribution in [-0.2, 0) is 0 Å². The molecule has 3 atom stereocenters. The highest BCUT2D eigenvalue weighted by molar-refractivity contribution is 4.78. The van der Waals surface area contributed by atoms with Crippen molar-refractivity contribution in [1.82, 2.24) is 5.32 Å². The summed E-state index contributed by atoms with van der Waals surface area (Å²) in [5.74, 6) is 2.92. The van der Waals surface area contributed by atoms with Gasteiger partial charge in [-0.25, -0.2) is 0 Å². The van der Waals surface area contributed by atoms with E-state index in [1.54, 1.807) is 0 Å². The molecule has 1 nitrogen and oxygen atoms in total. The van der Waals surface area contributed by atoms with Crippen LogP contribution in [0.5, 0.6) is 0 Å². The van der Waals surface area contributed by atoms with Crippen molar-refractivity contribution < 1.29 is 0 Å². The molecule has 0 saturated heterocycles. The number of hydrogen-bond acceptors (Lipinski definition) is 1. The Morgan fingerprint density at radius 1 is 1.31 bits per heavy atom. The van der Waals surface area contributed by atoms with Crippen LogP contribution < -0.4 is 5.32 Å². The molecule has 0 aromatic carbocycles. The molecular formula is C12H25N. The Balaban J connectivity index is 2.28. The van der Waals surface area contributed by atoms with Crippen molar-refractivity contribution in [2.45, 2.75) is 46.0 Å². The van der Waals surface area contributed by atoms with Crippen LogP contribution in [0.4, 0.5) is 0 Å². The molecule has 1 fully saturated rings. The molecule has 0 bridgehead atoms. The molecule has 1 aliphatic carbocycles. The van der Waals surface area contributed by atoms with Gasteiger partial charge < -0.3 is 5.32 Å². The maximum atomic E-state index is 3.31. The SMILES string of the molecule is CCCC1CCC(CNC)C(C)C1. The average molecular weight is 183 g/mol. The van der Waals surface area contributed by atoms with Crippen LogP contribution in [0.3, 0.4) is 0 Å². The largest absolute Gasteiger partial charge is 0.319 e. The summed E-state index contributed by atoms with van der Waals surface area (Å²) in [6, 6.07) is 0. The van der Waals surface area contributed by atoms with Crippen LogP contribution in [0, 0.1) is 17.8 Å². The van der Waals surface area contributed by atoms with Crippen LogP contribution >= 0.6 is 0 Å². The zero-order valence-electron chi connectivity index (χ0n) is 9.47. The summed E-state index contributed by atoms with van der Waals surface area (Å²) in [6.45, 7) is 5.97. The fourth-order valence-corrected chi connectivity index (χ4v) is 2.81. The van der Waals surface area contributed by atoms with Crippen molar-refractivity contribution in [3.05, 3.63) is 0 Å². The summed E-state index contributed by atoms with van der Waals surface area (Å²) in [4.78, 5) is 0. The van der Waals surface area contributed by atoms with Gasteiger partial charge in [0.1, 0.15) is 0 Å². The minimum Gasteiger partial charge on any atom is -0.319 e. The first-order chi connectivity index (χ1) is 6.27. The topological polar surface area (TPSA) is 12.0 Å². The van der Waals surface area contributed by atoms with E-state index >= 15 is 0 Å². The first-order valence-electron chi connectivity index (χ1n) is 5.92. The Labute approximate surface area is 83.3 Å². The van der Waals surface area contributed by atoms with Gasteiger partial charge in [-0.15, -0.1) is 0 Å². The second-order valence-electron chi connectivity index (χ2n) is 4.76. The van der Waals surface area contributed by atoms with Gasteiger partial charge in [-0.3, -0.25) is 0 Å². The van der Waals surface area contributed by atoms with Crippen LogP contribution in [-0.4, -0.2) is 13.6 Å². The number of rotatable bonds is 4. The lowest BCUT2D eigenvalue weighted by molar-refractivity contribution is 0.184. The minimum absolute atomic E-state index is 0.942. The Kier molecular flexibility index (Phi) is 4.79. The number of hydrogen-bond donors (Lipinski definition) is 1. The molecular weight excluding hydrogens is 158 g/mol.